The van der Waals surface area contributed by atoms with Crippen molar-refractivity contribution >= 4 is 43.9 Å². The Morgan fingerprint density at radius 1 is 0.906 bits per heavy atom. The molecular formula is C23H23N3O4S2. The summed E-state index contributed by atoms with van der Waals surface area (Å²) >= 11 is 1.37. The maximum Gasteiger partial charge on any atom is 0.261 e. The molecule has 0 spiro atoms. The smallest absolute Gasteiger partial charge is 0.261 e. The van der Waals surface area contributed by atoms with Crippen LogP contribution in [0.25, 0.3) is 0 Å². The van der Waals surface area contributed by atoms with Crippen LogP contribution in [0.3, 0.4) is 0 Å². The lowest BCUT2D eigenvalue weighted by atomic mass is 10.0. The minimum Gasteiger partial charge on any atom is -0.365 e. The molecule has 2 amide bonds. The van der Waals surface area contributed by atoms with Gasteiger partial charge in [0.25, 0.3) is 21.8 Å². The molecule has 166 valence electrons. The van der Waals surface area contributed by atoms with Crippen molar-refractivity contribution in [2.45, 2.75) is 37.0 Å². The van der Waals surface area contributed by atoms with Gasteiger partial charge in [-0.1, -0.05) is 36.8 Å². The third-order valence-electron chi connectivity index (χ3n) is 5.36. The molecule has 7 nitrogen and oxygen atoms in total. The number of nitrogens with two attached hydrogens (primary N) is 1. The number of nitrogens with one attached hydrogen (secondary N) is 2. The number of anilines is 2. The van der Waals surface area contributed by atoms with Gasteiger partial charge in [-0.3, -0.25) is 14.3 Å². The van der Waals surface area contributed by atoms with Gasteiger partial charge in [0.15, 0.2) is 0 Å². The molecule has 0 unspecified atom stereocenters. The Kier molecular flexibility index (Phi) is 6.29. The second-order valence-electron chi connectivity index (χ2n) is 7.55. The van der Waals surface area contributed by atoms with Crippen LogP contribution in [0, 0.1) is 0 Å². The summed E-state index contributed by atoms with van der Waals surface area (Å²) in [4.78, 5) is 26.5. The Labute approximate surface area is 190 Å². The zero-order chi connectivity index (χ0) is 22.7. The quantitative estimate of drug-likeness (QED) is 0.470. The fourth-order valence-electron chi connectivity index (χ4n) is 3.84. The van der Waals surface area contributed by atoms with E-state index in [1.165, 1.54) is 35.6 Å². The average Bonchev–Trinajstić information content (AvgIpc) is 2.95. The number of carbonyl (C=O) groups excluding carboxylic acids is 2. The maximum atomic E-state index is 13.1. The molecule has 0 radical (unpaired) electrons. The topological polar surface area (TPSA) is 118 Å². The SMILES string of the molecule is NC(=O)c1c(NC(=O)c2ccccc2NS(=O)(=O)c2ccccc2)sc2c1CCCCC2. The number of amides is 2. The fraction of sp³-hybridized carbons (Fsp3) is 0.217. The Hall–Kier alpha value is -3.17. The maximum absolute atomic E-state index is 13.1. The van der Waals surface area contributed by atoms with Gasteiger partial charge < -0.3 is 11.1 Å². The molecule has 1 aliphatic carbocycles. The van der Waals surface area contributed by atoms with E-state index in [1.54, 1.807) is 30.3 Å². The zero-order valence-corrected chi connectivity index (χ0v) is 18.9. The van der Waals surface area contributed by atoms with E-state index in [1.807, 2.05) is 0 Å². The third-order valence-corrected chi connectivity index (χ3v) is 7.95. The first-order valence-corrected chi connectivity index (χ1v) is 12.6. The summed E-state index contributed by atoms with van der Waals surface area (Å²) in [5.74, 6) is -1.09. The fourth-order valence-corrected chi connectivity index (χ4v) is 6.23. The van der Waals surface area contributed by atoms with Crippen LogP contribution in [0.2, 0.25) is 0 Å². The molecule has 0 aliphatic heterocycles. The highest BCUT2D eigenvalue weighted by Crippen LogP contribution is 2.37. The number of para-hydroxylation sites is 1. The van der Waals surface area contributed by atoms with Crippen molar-refractivity contribution in [1.29, 1.82) is 0 Å². The first-order valence-electron chi connectivity index (χ1n) is 10.3. The third kappa shape index (κ3) is 4.53. The molecule has 4 rings (SSSR count). The average molecular weight is 470 g/mol. The Morgan fingerprint density at radius 3 is 2.34 bits per heavy atom. The summed E-state index contributed by atoms with van der Waals surface area (Å²) in [6.45, 7) is 0. The van der Waals surface area contributed by atoms with E-state index in [4.69, 9.17) is 5.73 Å². The van der Waals surface area contributed by atoms with Crippen molar-refractivity contribution in [3.8, 4) is 0 Å². The van der Waals surface area contributed by atoms with Crippen molar-refractivity contribution < 1.29 is 18.0 Å². The van der Waals surface area contributed by atoms with Crippen LogP contribution < -0.4 is 15.8 Å². The molecule has 0 fully saturated rings. The minimum absolute atomic E-state index is 0.0909. The summed E-state index contributed by atoms with van der Waals surface area (Å²) in [6.07, 6.45) is 4.71. The Morgan fingerprint density at radius 2 is 1.59 bits per heavy atom. The van der Waals surface area contributed by atoms with Crippen LogP contribution >= 0.6 is 11.3 Å². The molecular weight excluding hydrogens is 446 g/mol. The molecule has 1 aliphatic rings. The molecule has 9 heteroatoms. The van der Waals surface area contributed by atoms with E-state index >= 15 is 0 Å². The van der Waals surface area contributed by atoms with Gasteiger partial charge in [0.2, 0.25) is 0 Å². The van der Waals surface area contributed by atoms with Crippen molar-refractivity contribution in [3.05, 3.63) is 76.2 Å². The second-order valence-corrected chi connectivity index (χ2v) is 10.3. The van der Waals surface area contributed by atoms with Gasteiger partial charge in [-0.2, -0.15) is 0 Å². The van der Waals surface area contributed by atoms with Gasteiger partial charge in [0, 0.05) is 4.88 Å². The number of thiophene rings is 1. The highest BCUT2D eigenvalue weighted by atomic mass is 32.2. The standard InChI is InChI=1S/C23H23N3O4S2/c24-21(27)20-17-12-5-2-6-14-19(17)31-23(20)25-22(28)16-11-7-8-13-18(16)26-32(29,30)15-9-3-1-4-10-15/h1,3-4,7-11,13,26H,2,5-6,12,14H2,(H2,24,27)(H,25,28). The number of aryl methyl sites for hydroxylation is 1. The summed E-state index contributed by atoms with van der Waals surface area (Å²) in [5, 5.41) is 3.21. The van der Waals surface area contributed by atoms with Crippen LogP contribution in [0.1, 0.15) is 50.4 Å². The number of hydrogen-bond acceptors (Lipinski definition) is 5. The lowest BCUT2D eigenvalue weighted by Crippen LogP contribution is -2.20. The first-order chi connectivity index (χ1) is 15.4. The highest BCUT2D eigenvalue weighted by Gasteiger charge is 2.25. The summed E-state index contributed by atoms with van der Waals surface area (Å²) < 4.78 is 28.0. The number of fused-ring (bicyclic) bond motifs is 1. The van der Waals surface area contributed by atoms with Crippen molar-refractivity contribution in [2.24, 2.45) is 5.73 Å². The van der Waals surface area contributed by atoms with E-state index < -0.39 is 21.8 Å². The second kappa shape index (κ2) is 9.13. The van der Waals surface area contributed by atoms with Crippen molar-refractivity contribution in [3.63, 3.8) is 0 Å². The molecule has 3 aromatic rings. The molecule has 0 saturated carbocycles. The molecule has 1 aromatic heterocycles. The van der Waals surface area contributed by atoms with E-state index in [9.17, 15) is 18.0 Å². The van der Waals surface area contributed by atoms with Crippen LogP contribution in [-0.4, -0.2) is 20.2 Å². The predicted molar refractivity (Wildman–Crippen MR) is 126 cm³/mol. The molecule has 0 atom stereocenters. The molecule has 4 N–H and O–H groups in total. The zero-order valence-electron chi connectivity index (χ0n) is 17.3. The number of benzene rings is 2. The Balaban J connectivity index is 1.64. The molecule has 0 saturated heterocycles. The van der Waals surface area contributed by atoms with Crippen LogP contribution in [-0.2, 0) is 22.9 Å². The predicted octanol–water partition coefficient (Wildman–Crippen LogP) is 4.17. The summed E-state index contributed by atoms with van der Waals surface area (Å²) in [7, 11) is -3.87. The van der Waals surface area contributed by atoms with Crippen molar-refractivity contribution in [2.75, 3.05) is 10.0 Å². The monoisotopic (exact) mass is 469 g/mol. The highest BCUT2D eigenvalue weighted by molar-refractivity contribution is 7.92. The van der Waals surface area contributed by atoms with Crippen molar-refractivity contribution in [1.82, 2.24) is 0 Å². The number of primary amides is 1. The Bertz CT molecular complexity index is 1270. The lowest BCUT2D eigenvalue weighted by molar-refractivity contribution is 0.100. The van der Waals surface area contributed by atoms with E-state index in [0.717, 1.165) is 42.5 Å². The van der Waals surface area contributed by atoms with Crippen LogP contribution in [0.5, 0.6) is 0 Å². The normalized spacial score (nSPS) is 13.6. The van der Waals surface area contributed by atoms with E-state index in [0.29, 0.717) is 10.6 Å². The van der Waals surface area contributed by atoms with E-state index in [2.05, 4.69) is 10.0 Å². The lowest BCUT2D eigenvalue weighted by Gasteiger charge is -2.13. The molecule has 2 aromatic carbocycles. The molecule has 0 bridgehead atoms. The number of rotatable bonds is 6. The number of hydrogen-bond donors (Lipinski definition) is 3. The number of carbonyl (C=O) groups is 2. The summed E-state index contributed by atoms with van der Waals surface area (Å²) in [5.41, 5.74) is 7.23. The largest absolute Gasteiger partial charge is 0.365 e. The molecule has 32 heavy (non-hydrogen) atoms. The van der Waals surface area contributed by atoms with Crippen LogP contribution in [0.15, 0.2) is 59.5 Å². The van der Waals surface area contributed by atoms with Gasteiger partial charge in [0.05, 0.1) is 21.7 Å². The van der Waals surface area contributed by atoms with Gasteiger partial charge in [-0.15, -0.1) is 11.3 Å². The van der Waals surface area contributed by atoms with Gasteiger partial charge in [-0.05, 0) is 55.5 Å². The van der Waals surface area contributed by atoms with Gasteiger partial charge in [0.1, 0.15) is 5.00 Å². The molecule has 1 heterocycles. The van der Waals surface area contributed by atoms with Gasteiger partial charge in [-0.25, -0.2) is 8.42 Å². The van der Waals surface area contributed by atoms with Crippen LogP contribution in [0.4, 0.5) is 10.7 Å². The van der Waals surface area contributed by atoms with Gasteiger partial charge >= 0.3 is 0 Å². The minimum atomic E-state index is -3.87. The van der Waals surface area contributed by atoms with E-state index in [-0.39, 0.29) is 16.1 Å². The number of sulfonamides is 1. The first kappa shape index (κ1) is 22.0. The summed E-state index contributed by atoms with van der Waals surface area (Å²) in [6, 6.07) is 14.3.